The number of benzene rings is 1. The van der Waals surface area contributed by atoms with E-state index in [1.807, 2.05) is 12.1 Å². The van der Waals surface area contributed by atoms with E-state index >= 15 is 0 Å². The summed E-state index contributed by atoms with van der Waals surface area (Å²) in [6.07, 6.45) is 5.43. The number of fused-ring (bicyclic) bond motifs is 2. The summed E-state index contributed by atoms with van der Waals surface area (Å²) < 4.78 is 0. The van der Waals surface area contributed by atoms with Crippen LogP contribution in [-0.4, -0.2) is 10.2 Å². The van der Waals surface area contributed by atoms with Gasteiger partial charge in [0.1, 0.15) is 0 Å². The smallest absolute Gasteiger partial charge is 0.225 e. The van der Waals surface area contributed by atoms with E-state index in [-0.39, 0.29) is 10.2 Å². The number of hydrogen-bond acceptors (Lipinski definition) is 4. The summed E-state index contributed by atoms with van der Waals surface area (Å²) in [5, 5.41) is 1.45. The molecule has 2 nitrogen and oxygen atoms in total. The highest BCUT2D eigenvalue weighted by Crippen LogP contribution is 2.24. The summed E-state index contributed by atoms with van der Waals surface area (Å²) >= 11 is 2.30. The molecule has 0 N–H and O–H groups in total. The molecule has 0 saturated heterocycles. The topological polar surface area (TPSA) is 34.1 Å². The minimum atomic E-state index is -0.0694. The Kier molecular flexibility index (Phi) is 1.63. The average Bonchev–Trinajstić information content (AvgIpc) is 2.59. The highest BCUT2D eigenvalue weighted by Gasteiger charge is 2.18. The van der Waals surface area contributed by atoms with Gasteiger partial charge in [0.15, 0.2) is 0 Å². The van der Waals surface area contributed by atoms with Gasteiger partial charge in [-0.1, -0.05) is 0 Å². The van der Waals surface area contributed by atoms with E-state index in [9.17, 15) is 9.59 Å². The van der Waals surface area contributed by atoms with Gasteiger partial charge in [0.05, 0.1) is 0 Å². The van der Waals surface area contributed by atoms with E-state index in [0.29, 0.717) is 0 Å². The molecule has 0 aliphatic carbocycles. The fraction of sp³-hybridized carbons (Fsp3) is 0. The van der Waals surface area contributed by atoms with Crippen molar-refractivity contribution in [2.75, 3.05) is 0 Å². The SMILES string of the molecule is O=C1[C]=c2cc3c(cc2S1)=[C]C(=O)S3. The van der Waals surface area contributed by atoms with Crippen molar-refractivity contribution in [2.45, 2.75) is 9.79 Å². The lowest BCUT2D eigenvalue weighted by Crippen LogP contribution is -2.09. The van der Waals surface area contributed by atoms with Gasteiger partial charge in [-0.05, 0) is 35.7 Å². The molecule has 0 amide bonds. The highest BCUT2D eigenvalue weighted by atomic mass is 32.2. The van der Waals surface area contributed by atoms with Crippen molar-refractivity contribution in [1.82, 2.24) is 0 Å². The molecule has 0 aromatic heterocycles. The molecule has 1 aromatic carbocycles. The number of rotatable bonds is 0. The maximum absolute atomic E-state index is 11.1. The number of hydrogen-bond donors (Lipinski definition) is 0. The summed E-state index contributed by atoms with van der Waals surface area (Å²) in [4.78, 5) is 23.8. The van der Waals surface area contributed by atoms with Crippen LogP contribution in [0.2, 0.25) is 0 Å². The summed E-state index contributed by atoms with van der Waals surface area (Å²) in [7, 11) is 0. The van der Waals surface area contributed by atoms with Crippen LogP contribution in [0, 0.1) is 0 Å². The lowest BCUT2D eigenvalue weighted by atomic mass is 10.2. The Hall–Kier alpha value is -1.00. The van der Waals surface area contributed by atoms with E-state index in [4.69, 9.17) is 0 Å². The summed E-state index contributed by atoms with van der Waals surface area (Å²) in [5.74, 6) is 0. The predicted molar refractivity (Wildman–Crippen MR) is 54.2 cm³/mol. The van der Waals surface area contributed by atoms with Crippen LogP contribution < -0.4 is 10.4 Å². The predicted octanol–water partition coefficient (Wildman–Crippen LogP) is 0.266. The zero-order chi connectivity index (χ0) is 9.71. The molecule has 0 saturated carbocycles. The van der Waals surface area contributed by atoms with Crippen LogP contribution in [0.4, 0.5) is 0 Å². The molecule has 2 aliphatic heterocycles. The molecule has 0 bridgehead atoms. The minimum Gasteiger partial charge on any atom is -0.281 e. The molecular formula is C10H2O2S2. The van der Waals surface area contributed by atoms with Crippen LogP contribution in [0.15, 0.2) is 21.9 Å². The molecule has 3 rings (SSSR count). The molecule has 14 heavy (non-hydrogen) atoms. The third-order valence-electron chi connectivity index (χ3n) is 1.96. The maximum atomic E-state index is 11.1. The quantitative estimate of drug-likeness (QED) is 0.626. The monoisotopic (exact) mass is 218 g/mol. The second-order valence-electron chi connectivity index (χ2n) is 2.87. The summed E-state index contributed by atoms with van der Waals surface area (Å²) in [6.45, 7) is 0. The fourth-order valence-corrected chi connectivity index (χ4v) is 2.91. The van der Waals surface area contributed by atoms with E-state index in [2.05, 4.69) is 12.2 Å². The minimum absolute atomic E-state index is 0.0694. The van der Waals surface area contributed by atoms with Crippen LogP contribution >= 0.6 is 23.5 Å². The molecule has 1 aromatic rings. The van der Waals surface area contributed by atoms with Gasteiger partial charge < -0.3 is 0 Å². The Morgan fingerprint density at radius 1 is 0.857 bits per heavy atom. The van der Waals surface area contributed by atoms with E-state index < -0.39 is 0 Å². The van der Waals surface area contributed by atoms with E-state index in [1.165, 1.54) is 0 Å². The van der Waals surface area contributed by atoms with Crippen LogP contribution in [0.5, 0.6) is 0 Å². The first-order chi connectivity index (χ1) is 6.72. The third kappa shape index (κ3) is 1.14. The van der Waals surface area contributed by atoms with Crippen molar-refractivity contribution < 1.29 is 9.59 Å². The number of thioether (sulfide) groups is 2. The van der Waals surface area contributed by atoms with Gasteiger partial charge in [-0.25, -0.2) is 0 Å². The van der Waals surface area contributed by atoms with Crippen LogP contribution in [0.1, 0.15) is 0 Å². The first kappa shape index (κ1) is 8.32. The number of carbonyl (C=O) groups is 2. The fourth-order valence-electron chi connectivity index (χ4n) is 1.39. The first-order valence-corrected chi connectivity index (χ1v) is 5.51. The maximum Gasteiger partial charge on any atom is 0.225 e. The highest BCUT2D eigenvalue weighted by molar-refractivity contribution is 8.15. The Labute approximate surface area is 88.1 Å². The lowest BCUT2D eigenvalue weighted by Gasteiger charge is -1.94. The zero-order valence-electron chi connectivity index (χ0n) is 6.79. The van der Waals surface area contributed by atoms with Crippen molar-refractivity contribution in [3.05, 3.63) is 22.6 Å². The standard InChI is InChI=1S/C10H2O2S2/c11-9-3-5-1-7-6(2-8(5)14-9)4-10(12)13-7/h1-2H. The molecule has 0 spiro atoms. The second-order valence-corrected chi connectivity index (χ2v) is 4.90. The molecular weight excluding hydrogens is 216 g/mol. The zero-order valence-corrected chi connectivity index (χ0v) is 8.42. The van der Waals surface area contributed by atoms with E-state index in [1.54, 1.807) is 0 Å². The Morgan fingerprint density at radius 2 is 1.29 bits per heavy atom. The molecule has 2 radical (unpaired) electrons. The summed E-state index contributed by atoms with van der Waals surface area (Å²) in [5.41, 5.74) is 0. The molecule has 2 aliphatic rings. The van der Waals surface area contributed by atoms with Crippen molar-refractivity contribution in [1.29, 1.82) is 0 Å². The largest absolute Gasteiger partial charge is 0.281 e. The summed E-state index contributed by atoms with van der Waals surface area (Å²) in [6, 6.07) is 3.65. The molecule has 0 unspecified atom stereocenters. The third-order valence-corrected chi connectivity index (χ3v) is 3.65. The molecule has 66 valence electrons. The van der Waals surface area contributed by atoms with Gasteiger partial charge in [-0.3, -0.25) is 9.59 Å². The molecule has 0 fully saturated rings. The Morgan fingerprint density at radius 3 is 1.71 bits per heavy atom. The van der Waals surface area contributed by atoms with Gasteiger partial charge in [0.2, 0.25) is 10.2 Å². The van der Waals surface area contributed by atoms with Crippen molar-refractivity contribution in [3.8, 4) is 0 Å². The Bertz CT molecular complexity index is 533. The molecule has 0 atom stereocenters. The van der Waals surface area contributed by atoms with Gasteiger partial charge in [0, 0.05) is 32.4 Å². The van der Waals surface area contributed by atoms with Gasteiger partial charge in [-0.15, -0.1) is 0 Å². The lowest BCUT2D eigenvalue weighted by molar-refractivity contribution is -0.106. The first-order valence-electron chi connectivity index (χ1n) is 3.88. The van der Waals surface area contributed by atoms with Gasteiger partial charge in [0.25, 0.3) is 0 Å². The molecule has 2 heterocycles. The Balaban J connectivity index is 2.33. The van der Waals surface area contributed by atoms with Crippen molar-refractivity contribution >= 4 is 45.9 Å². The normalized spacial score (nSPS) is 17.4. The molecule has 4 heteroatoms. The van der Waals surface area contributed by atoms with Gasteiger partial charge in [-0.2, -0.15) is 0 Å². The average molecular weight is 218 g/mol. The van der Waals surface area contributed by atoms with E-state index in [0.717, 1.165) is 43.8 Å². The van der Waals surface area contributed by atoms with Crippen LogP contribution in [0.3, 0.4) is 0 Å². The van der Waals surface area contributed by atoms with Crippen LogP contribution in [-0.2, 0) is 9.59 Å². The number of carbonyl (C=O) groups excluding carboxylic acids is 2. The van der Waals surface area contributed by atoms with Gasteiger partial charge >= 0.3 is 0 Å². The van der Waals surface area contributed by atoms with Crippen molar-refractivity contribution in [3.63, 3.8) is 0 Å². The second kappa shape index (κ2) is 2.74. The van der Waals surface area contributed by atoms with Crippen molar-refractivity contribution in [2.24, 2.45) is 0 Å². The van der Waals surface area contributed by atoms with Crippen LogP contribution in [0.25, 0.3) is 12.2 Å².